The maximum absolute atomic E-state index is 15.0. The monoisotopic (exact) mass is 676 g/mol. The van der Waals surface area contributed by atoms with Crippen molar-refractivity contribution in [1.29, 1.82) is 0 Å². The van der Waals surface area contributed by atoms with Crippen molar-refractivity contribution in [2.75, 3.05) is 13.2 Å². The van der Waals surface area contributed by atoms with Crippen molar-refractivity contribution < 1.29 is 67.1 Å². The van der Waals surface area contributed by atoms with E-state index in [4.69, 9.17) is 23.2 Å². The summed E-state index contributed by atoms with van der Waals surface area (Å²) in [5.74, 6) is -7.99. The summed E-state index contributed by atoms with van der Waals surface area (Å²) in [7, 11) is 0. The van der Waals surface area contributed by atoms with E-state index in [1.807, 2.05) is 0 Å². The molecule has 43 heavy (non-hydrogen) atoms. The summed E-state index contributed by atoms with van der Waals surface area (Å²) in [5.41, 5.74) is -6.40. The number of hydrogen-bond donors (Lipinski definition) is 1. The van der Waals surface area contributed by atoms with Gasteiger partial charge in [0, 0.05) is 11.1 Å². The number of benzene rings is 2. The van der Waals surface area contributed by atoms with Crippen molar-refractivity contribution in [3.63, 3.8) is 0 Å². The maximum atomic E-state index is 15.0. The molecule has 1 unspecified atom stereocenters. The molecule has 0 spiro atoms. The fourth-order valence-electron chi connectivity index (χ4n) is 3.82. The highest BCUT2D eigenvalue weighted by Gasteiger charge is 2.43. The van der Waals surface area contributed by atoms with Crippen LogP contribution in [-0.4, -0.2) is 48.4 Å². The largest absolute Gasteiger partial charge is 0.417 e. The van der Waals surface area contributed by atoms with Gasteiger partial charge in [-0.1, -0.05) is 29.3 Å². The molecule has 2 amide bonds. The summed E-state index contributed by atoms with van der Waals surface area (Å²) >= 11 is 11.2. The van der Waals surface area contributed by atoms with Crippen LogP contribution in [-0.2, 0) is 15.8 Å². The number of carbonyl (C=O) groups excluding carboxylic acids is 2. The number of hydroxylamine groups is 2. The van der Waals surface area contributed by atoms with Gasteiger partial charge in [0.05, 0.1) is 21.2 Å². The van der Waals surface area contributed by atoms with Crippen molar-refractivity contribution in [2.45, 2.75) is 36.9 Å². The molecule has 0 bridgehead atoms. The molecule has 1 fully saturated rings. The van der Waals surface area contributed by atoms with E-state index in [0.717, 1.165) is 0 Å². The van der Waals surface area contributed by atoms with Gasteiger partial charge in [0.25, 0.3) is 18.2 Å². The van der Waals surface area contributed by atoms with Crippen LogP contribution in [0, 0.1) is 0 Å². The van der Waals surface area contributed by atoms with Crippen molar-refractivity contribution in [3.05, 3.63) is 74.3 Å². The Kier molecular flexibility index (Phi) is 9.92. The van der Waals surface area contributed by atoms with Crippen LogP contribution < -0.4 is 5.32 Å². The van der Waals surface area contributed by atoms with Crippen LogP contribution in [0.3, 0.4) is 0 Å². The van der Waals surface area contributed by atoms with Gasteiger partial charge >= 0.3 is 18.5 Å². The fourth-order valence-corrected chi connectivity index (χ4v) is 4.24. The normalized spacial score (nSPS) is 17.6. The Balaban J connectivity index is 1.97. The Morgan fingerprint density at radius 3 is 2.21 bits per heavy atom. The van der Waals surface area contributed by atoms with Gasteiger partial charge in [0.15, 0.2) is 0 Å². The lowest BCUT2D eigenvalue weighted by molar-refractivity contribution is -0.214. The number of nitrogens with one attached hydrogen (secondary N) is 1. The number of halogens is 14. The van der Waals surface area contributed by atoms with Gasteiger partial charge in [-0.2, -0.15) is 39.5 Å². The molecular weight excluding hydrogens is 663 g/mol. The first-order chi connectivity index (χ1) is 19.6. The fraction of sp³-hybridized carbons (Fsp3) is 0.333. The van der Waals surface area contributed by atoms with Crippen molar-refractivity contribution in [3.8, 4) is 0 Å². The van der Waals surface area contributed by atoms with E-state index in [1.165, 1.54) is 0 Å². The molecule has 1 N–H and O–H groups in total. The summed E-state index contributed by atoms with van der Waals surface area (Å²) in [6.45, 7) is -2.74. The van der Waals surface area contributed by atoms with E-state index >= 15 is 4.39 Å². The molecule has 1 aliphatic heterocycles. The molecule has 0 aromatic heterocycles. The highest BCUT2D eigenvalue weighted by Crippen LogP contribution is 2.43. The predicted octanol–water partition coefficient (Wildman–Crippen LogP) is 8.04. The Morgan fingerprint density at radius 2 is 1.67 bits per heavy atom. The molecule has 2 aromatic carbocycles. The molecule has 1 heterocycles. The van der Waals surface area contributed by atoms with E-state index < -0.39 is 106 Å². The van der Waals surface area contributed by atoms with Gasteiger partial charge in [0.2, 0.25) is 0 Å². The molecule has 2 atom stereocenters. The first-order valence-corrected chi connectivity index (χ1v) is 12.1. The molecule has 0 radical (unpaired) electrons. The van der Waals surface area contributed by atoms with Crippen LogP contribution >= 0.6 is 23.2 Å². The van der Waals surface area contributed by atoms with Crippen LogP contribution in [0.15, 0.2) is 36.4 Å². The van der Waals surface area contributed by atoms with E-state index in [0.29, 0.717) is 24.3 Å². The second-order valence-corrected chi connectivity index (χ2v) is 9.60. The quantitative estimate of drug-likeness (QED) is 0.302. The van der Waals surface area contributed by atoms with Crippen LogP contribution in [0.2, 0.25) is 10.0 Å². The molecule has 0 saturated carbocycles. The molecule has 1 aliphatic rings. The first-order valence-electron chi connectivity index (χ1n) is 11.3. The Labute approximate surface area is 242 Å². The van der Waals surface area contributed by atoms with E-state index in [9.17, 15) is 57.9 Å². The Hall–Kier alpha value is -3.18. The standard InChI is InChI=1S/C24H14Cl2F12N2O3/c25-15-5-10(3-12(18(15)26)19(28)29)13(23(33,34)35)6-16(27)9-1-2-11(14(4-9)24(36,37)38)20(41)39-17-7-43-40(21(17)42)8-22(30,31)32/h1-6,13,17,19H,7-8H2,(H,39,41)/b16-6-/t13?,17-/m1/s1. The lowest BCUT2D eigenvalue weighted by Crippen LogP contribution is -2.44. The number of allylic oxidation sites excluding steroid dienone is 1. The number of hydrogen-bond acceptors (Lipinski definition) is 3. The molecule has 5 nitrogen and oxygen atoms in total. The lowest BCUT2D eigenvalue weighted by atomic mass is 9.94. The van der Waals surface area contributed by atoms with Crippen molar-refractivity contribution >= 4 is 40.8 Å². The minimum Gasteiger partial charge on any atom is -0.338 e. The second kappa shape index (κ2) is 12.4. The maximum Gasteiger partial charge on any atom is 0.417 e. The summed E-state index contributed by atoms with van der Waals surface area (Å²) in [6, 6.07) is -0.201. The average molecular weight is 677 g/mol. The van der Waals surface area contributed by atoms with E-state index in [-0.39, 0.29) is 17.2 Å². The molecule has 19 heteroatoms. The average Bonchev–Trinajstić information content (AvgIpc) is 3.19. The highest BCUT2D eigenvalue weighted by atomic mass is 35.5. The van der Waals surface area contributed by atoms with Gasteiger partial charge in [-0.3, -0.25) is 14.4 Å². The molecule has 236 valence electrons. The third-order valence-electron chi connectivity index (χ3n) is 5.75. The molecule has 3 rings (SSSR count). The topological polar surface area (TPSA) is 58.6 Å². The van der Waals surface area contributed by atoms with Crippen LogP contribution in [0.4, 0.5) is 52.7 Å². The molecule has 1 saturated heterocycles. The zero-order valence-electron chi connectivity index (χ0n) is 20.6. The Morgan fingerprint density at radius 1 is 1.05 bits per heavy atom. The molecule has 0 aliphatic carbocycles. The number of rotatable bonds is 7. The summed E-state index contributed by atoms with van der Waals surface area (Å²) in [5, 5.41) is 0.0907. The van der Waals surface area contributed by atoms with E-state index in [2.05, 4.69) is 4.84 Å². The SMILES string of the molecule is O=C(N[C@@H]1CON(CC(F)(F)F)C1=O)c1ccc(/C(F)=C/C(c2cc(Cl)c(Cl)c(C(F)F)c2)C(F)(F)F)cc1C(F)(F)F. The third-order valence-corrected chi connectivity index (χ3v) is 6.57. The van der Waals surface area contributed by atoms with Crippen molar-refractivity contribution in [1.82, 2.24) is 10.4 Å². The predicted molar refractivity (Wildman–Crippen MR) is 126 cm³/mol. The van der Waals surface area contributed by atoms with Gasteiger partial charge in [-0.25, -0.2) is 18.2 Å². The summed E-state index contributed by atoms with van der Waals surface area (Å²) in [4.78, 5) is 29.1. The lowest BCUT2D eigenvalue weighted by Gasteiger charge is -2.20. The van der Waals surface area contributed by atoms with Gasteiger partial charge in [-0.05, 0) is 35.9 Å². The zero-order chi connectivity index (χ0) is 32.7. The number of nitrogens with zero attached hydrogens (tertiary/aromatic N) is 1. The highest BCUT2D eigenvalue weighted by molar-refractivity contribution is 6.42. The zero-order valence-corrected chi connectivity index (χ0v) is 22.1. The minimum atomic E-state index is -5.43. The van der Waals surface area contributed by atoms with Gasteiger partial charge in [-0.15, -0.1) is 0 Å². The second-order valence-electron chi connectivity index (χ2n) is 8.81. The first kappa shape index (κ1) is 34.3. The number of alkyl halides is 11. The van der Waals surface area contributed by atoms with E-state index in [1.54, 1.807) is 5.32 Å². The summed E-state index contributed by atoms with van der Waals surface area (Å²) < 4.78 is 162. The van der Waals surface area contributed by atoms with Crippen molar-refractivity contribution in [2.24, 2.45) is 0 Å². The van der Waals surface area contributed by atoms with Crippen LogP contribution in [0.25, 0.3) is 5.83 Å². The van der Waals surface area contributed by atoms with Gasteiger partial charge in [0.1, 0.15) is 30.9 Å². The number of carbonyl (C=O) groups is 2. The van der Waals surface area contributed by atoms with Crippen LogP contribution in [0.5, 0.6) is 0 Å². The Bertz CT molecular complexity index is 1420. The van der Waals surface area contributed by atoms with Gasteiger partial charge < -0.3 is 5.32 Å². The summed E-state index contributed by atoms with van der Waals surface area (Å²) in [6.07, 6.45) is -19.3. The number of amides is 2. The smallest absolute Gasteiger partial charge is 0.338 e. The minimum absolute atomic E-state index is 0.0312. The molecule has 2 aromatic rings. The van der Waals surface area contributed by atoms with Crippen LogP contribution in [0.1, 0.15) is 45.0 Å². The third kappa shape index (κ3) is 8.26. The molecular formula is C24H14Cl2F12N2O3.